The first-order valence-electron chi connectivity index (χ1n) is 6.80. The van der Waals surface area contributed by atoms with Crippen LogP contribution in [0.1, 0.15) is 26.7 Å². The molecule has 1 rings (SSSR count). The fraction of sp³-hybridized carbons (Fsp3) is 0.643. The van der Waals surface area contributed by atoms with Gasteiger partial charge in [-0.3, -0.25) is 4.79 Å². The van der Waals surface area contributed by atoms with Gasteiger partial charge in [-0.15, -0.1) is 0 Å². The predicted molar refractivity (Wildman–Crippen MR) is 78.4 cm³/mol. The zero-order valence-corrected chi connectivity index (χ0v) is 12.5. The van der Waals surface area contributed by atoms with E-state index in [4.69, 9.17) is 5.11 Å². The van der Waals surface area contributed by atoms with Crippen LogP contribution < -0.4 is 10.2 Å². The van der Waals surface area contributed by atoms with Gasteiger partial charge in [0, 0.05) is 32.6 Å². The lowest BCUT2D eigenvalue weighted by Gasteiger charge is -2.25. The Morgan fingerprint density at radius 2 is 2.05 bits per heavy atom. The summed E-state index contributed by atoms with van der Waals surface area (Å²) in [6.45, 7) is 5.15. The molecule has 0 spiro atoms. The van der Waals surface area contributed by atoms with Gasteiger partial charge in [0.05, 0.1) is 6.54 Å². The molecule has 0 saturated carbocycles. The van der Waals surface area contributed by atoms with Crippen molar-refractivity contribution in [2.24, 2.45) is 5.41 Å². The van der Waals surface area contributed by atoms with Crippen molar-refractivity contribution in [3.05, 3.63) is 18.5 Å². The molecule has 1 heterocycles. The molecule has 0 aliphatic rings. The number of nitrogens with one attached hydrogen (secondary N) is 1. The third-order valence-electron chi connectivity index (χ3n) is 3.05. The van der Waals surface area contributed by atoms with Gasteiger partial charge in [-0.1, -0.05) is 13.8 Å². The van der Waals surface area contributed by atoms with Crippen LogP contribution in [0.5, 0.6) is 0 Å². The molecule has 1 aromatic rings. The van der Waals surface area contributed by atoms with Gasteiger partial charge in [0.2, 0.25) is 11.9 Å². The molecule has 0 aliphatic carbocycles. The quantitative estimate of drug-likeness (QED) is 0.737. The highest BCUT2D eigenvalue weighted by molar-refractivity contribution is 5.80. The number of carbonyl (C=O) groups is 1. The van der Waals surface area contributed by atoms with Crippen LogP contribution in [0.2, 0.25) is 0 Å². The molecule has 0 fully saturated rings. The fourth-order valence-electron chi connectivity index (χ4n) is 1.81. The maximum atomic E-state index is 11.9. The average molecular weight is 280 g/mol. The Bertz CT molecular complexity index is 409. The van der Waals surface area contributed by atoms with E-state index in [0.29, 0.717) is 12.5 Å². The molecule has 0 aliphatic heterocycles. The summed E-state index contributed by atoms with van der Waals surface area (Å²) in [5, 5.41) is 11.8. The first kappa shape index (κ1) is 16.4. The van der Waals surface area contributed by atoms with Crippen LogP contribution in [0.3, 0.4) is 0 Å². The first-order valence-corrected chi connectivity index (χ1v) is 6.80. The van der Waals surface area contributed by atoms with Crippen molar-refractivity contribution in [3.8, 4) is 0 Å². The van der Waals surface area contributed by atoms with E-state index in [1.165, 1.54) is 0 Å². The van der Waals surface area contributed by atoms with Crippen LogP contribution in [0.15, 0.2) is 18.5 Å². The predicted octanol–water partition coefficient (Wildman–Crippen LogP) is 0.828. The summed E-state index contributed by atoms with van der Waals surface area (Å²) in [6, 6.07) is 1.74. The number of aromatic nitrogens is 2. The number of aliphatic hydroxyl groups excluding tert-OH is 1. The molecule has 0 atom stereocenters. The van der Waals surface area contributed by atoms with E-state index in [1.54, 1.807) is 30.4 Å². The molecule has 2 N–H and O–H groups in total. The fourth-order valence-corrected chi connectivity index (χ4v) is 1.81. The number of hydrogen-bond donors (Lipinski definition) is 2. The van der Waals surface area contributed by atoms with Crippen LogP contribution in [0.25, 0.3) is 0 Å². The molecule has 0 radical (unpaired) electrons. The van der Waals surface area contributed by atoms with Crippen LogP contribution in [-0.2, 0) is 4.79 Å². The average Bonchev–Trinajstić information content (AvgIpc) is 2.44. The summed E-state index contributed by atoms with van der Waals surface area (Å²) in [5.74, 6) is 0.471. The number of hydrogen-bond acceptors (Lipinski definition) is 5. The van der Waals surface area contributed by atoms with Gasteiger partial charge in [0.15, 0.2) is 0 Å². The number of likely N-dealkylation sites (N-methyl/N-ethyl adjacent to an activating group) is 1. The second kappa shape index (κ2) is 7.79. The highest BCUT2D eigenvalue weighted by Crippen LogP contribution is 2.20. The first-order chi connectivity index (χ1) is 9.44. The Kier molecular flexibility index (Phi) is 6.38. The van der Waals surface area contributed by atoms with Gasteiger partial charge in [-0.25, -0.2) is 9.97 Å². The van der Waals surface area contributed by atoms with E-state index in [9.17, 15) is 4.79 Å². The van der Waals surface area contributed by atoms with Crippen molar-refractivity contribution in [2.45, 2.75) is 26.7 Å². The molecule has 6 nitrogen and oxygen atoms in total. The number of anilines is 1. The van der Waals surface area contributed by atoms with Crippen molar-refractivity contribution < 1.29 is 9.90 Å². The molecule has 1 amide bonds. The molecule has 0 aromatic carbocycles. The Balaban J connectivity index is 2.37. The number of carbonyl (C=O) groups excluding carboxylic acids is 1. The lowest BCUT2D eigenvalue weighted by atomic mass is 9.88. The van der Waals surface area contributed by atoms with Crippen molar-refractivity contribution in [3.63, 3.8) is 0 Å². The van der Waals surface area contributed by atoms with Gasteiger partial charge >= 0.3 is 0 Å². The molecule has 112 valence electrons. The Hall–Kier alpha value is -1.69. The highest BCUT2D eigenvalue weighted by atomic mass is 16.2. The van der Waals surface area contributed by atoms with Gasteiger partial charge in [-0.2, -0.15) is 0 Å². The Morgan fingerprint density at radius 1 is 1.40 bits per heavy atom. The summed E-state index contributed by atoms with van der Waals surface area (Å²) < 4.78 is 0. The third kappa shape index (κ3) is 5.97. The van der Waals surface area contributed by atoms with Crippen LogP contribution in [0.4, 0.5) is 5.95 Å². The van der Waals surface area contributed by atoms with E-state index >= 15 is 0 Å². The second-order valence-corrected chi connectivity index (χ2v) is 5.67. The van der Waals surface area contributed by atoms with Gasteiger partial charge in [0.1, 0.15) is 0 Å². The largest absolute Gasteiger partial charge is 0.396 e. The lowest BCUT2D eigenvalue weighted by molar-refractivity contribution is -0.120. The highest BCUT2D eigenvalue weighted by Gasteiger charge is 2.19. The molecule has 6 heteroatoms. The van der Waals surface area contributed by atoms with Gasteiger partial charge < -0.3 is 15.3 Å². The number of nitrogens with zero attached hydrogens (tertiary/aromatic N) is 3. The van der Waals surface area contributed by atoms with Crippen molar-refractivity contribution >= 4 is 11.9 Å². The summed E-state index contributed by atoms with van der Waals surface area (Å²) in [7, 11) is 1.78. The van der Waals surface area contributed by atoms with E-state index in [-0.39, 0.29) is 24.5 Å². The summed E-state index contributed by atoms with van der Waals surface area (Å²) >= 11 is 0. The number of rotatable bonds is 8. The zero-order valence-electron chi connectivity index (χ0n) is 12.5. The molecule has 0 unspecified atom stereocenters. The molecular formula is C14H24N4O2. The van der Waals surface area contributed by atoms with E-state index < -0.39 is 0 Å². The van der Waals surface area contributed by atoms with Gasteiger partial charge in [0.25, 0.3) is 0 Å². The SMILES string of the molecule is CN(CC(=O)NCC(C)(C)CCCO)c1ncccn1. The summed E-state index contributed by atoms with van der Waals surface area (Å²) in [5.41, 5.74) is -0.0137. The minimum atomic E-state index is -0.0583. The molecule has 1 aromatic heterocycles. The summed E-state index contributed by atoms with van der Waals surface area (Å²) in [4.78, 5) is 21.8. The van der Waals surface area contributed by atoms with E-state index in [0.717, 1.165) is 12.8 Å². The smallest absolute Gasteiger partial charge is 0.239 e. The van der Waals surface area contributed by atoms with Crippen molar-refractivity contribution in [2.75, 3.05) is 31.6 Å². The van der Waals surface area contributed by atoms with Crippen LogP contribution >= 0.6 is 0 Å². The third-order valence-corrected chi connectivity index (χ3v) is 3.05. The molecule has 0 saturated heterocycles. The number of amides is 1. The standard InChI is InChI=1S/C14H24N4O2/c1-14(2,6-4-9-19)11-17-12(20)10-18(3)13-15-7-5-8-16-13/h5,7-8,19H,4,6,9-11H2,1-3H3,(H,17,20). The minimum absolute atomic E-state index is 0.0137. The maximum absolute atomic E-state index is 11.9. The van der Waals surface area contributed by atoms with Crippen LogP contribution in [-0.4, -0.2) is 47.7 Å². The number of aliphatic hydroxyl groups is 1. The Morgan fingerprint density at radius 3 is 2.65 bits per heavy atom. The maximum Gasteiger partial charge on any atom is 0.239 e. The van der Waals surface area contributed by atoms with Crippen molar-refractivity contribution in [1.82, 2.24) is 15.3 Å². The van der Waals surface area contributed by atoms with Gasteiger partial charge in [-0.05, 0) is 24.3 Å². The molecular weight excluding hydrogens is 256 g/mol. The van der Waals surface area contributed by atoms with Crippen molar-refractivity contribution in [1.29, 1.82) is 0 Å². The topological polar surface area (TPSA) is 78.4 Å². The molecule has 20 heavy (non-hydrogen) atoms. The second-order valence-electron chi connectivity index (χ2n) is 5.67. The summed E-state index contributed by atoms with van der Waals surface area (Å²) in [6.07, 6.45) is 4.92. The zero-order chi connectivity index (χ0) is 15.0. The minimum Gasteiger partial charge on any atom is -0.396 e. The van der Waals surface area contributed by atoms with E-state index in [2.05, 4.69) is 29.1 Å². The van der Waals surface area contributed by atoms with E-state index in [1.807, 2.05) is 0 Å². The van der Waals surface area contributed by atoms with Crippen LogP contribution in [0, 0.1) is 5.41 Å². The Labute approximate surface area is 120 Å². The monoisotopic (exact) mass is 280 g/mol. The normalized spacial score (nSPS) is 11.2. The lowest BCUT2D eigenvalue weighted by Crippen LogP contribution is -2.40. The molecule has 0 bridgehead atoms.